The van der Waals surface area contributed by atoms with Crippen molar-refractivity contribution in [3.8, 4) is 0 Å². The molecule has 0 aromatic rings. The zero-order chi connectivity index (χ0) is 11.6. The molecule has 0 saturated heterocycles. The minimum atomic E-state index is -0.709. The molecule has 2 atom stereocenters. The molecular formula is C13H24O2. The van der Waals surface area contributed by atoms with Crippen molar-refractivity contribution >= 4 is 5.78 Å². The molecule has 1 rings (SSSR count). The van der Waals surface area contributed by atoms with Gasteiger partial charge < -0.3 is 5.11 Å². The van der Waals surface area contributed by atoms with Gasteiger partial charge >= 0.3 is 0 Å². The molecule has 0 amide bonds. The van der Waals surface area contributed by atoms with Gasteiger partial charge in [0.25, 0.3) is 0 Å². The van der Waals surface area contributed by atoms with Crippen LogP contribution in [0.2, 0.25) is 0 Å². The van der Waals surface area contributed by atoms with Crippen LogP contribution in [0.5, 0.6) is 0 Å². The molecule has 0 aromatic carbocycles. The maximum Gasteiger partial charge on any atom is 0.136 e. The second-order valence-electron chi connectivity index (χ2n) is 5.96. The number of carbonyl (C=O) groups is 1. The van der Waals surface area contributed by atoms with Crippen molar-refractivity contribution < 1.29 is 9.90 Å². The number of ketones is 1. The third kappa shape index (κ3) is 3.94. The minimum Gasteiger partial charge on any atom is -0.390 e. The number of hydrogen-bond acceptors (Lipinski definition) is 2. The van der Waals surface area contributed by atoms with Gasteiger partial charge in [0.05, 0.1) is 5.60 Å². The Labute approximate surface area is 93.1 Å². The SMILES string of the molecule is CC(C)C1CCC(=O)C(CC(C)(C)O)C1. The van der Waals surface area contributed by atoms with Crippen LogP contribution in [0.3, 0.4) is 0 Å². The Bertz CT molecular complexity index is 225. The summed E-state index contributed by atoms with van der Waals surface area (Å²) in [6.45, 7) is 8.03. The molecule has 1 aliphatic carbocycles. The number of Topliss-reactive ketones (excluding diaryl/α,β-unsaturated/α-hetero) is 1. The van der Waals surface area contributed by atoms with Crippen LogP contribution in [-0.4, -0.2) is 16.5 Å². The van der Waals surface area contributed by atoms with Crippen LogP contribution in [0, 0.1) is 17.8 Å². The minimum absolute atomic E-state index is 0.0890. The average molecular weight is 212 g/mol. The molecule has 2 heteroatoms. The van der Waals surface area contributed by atoms with Crippen LogP contribution in [0.4, 0.5) is 0 Å². The van der Waals surface area contributed by atoms with E-state index in [0.717, 1.165) is 12.8 Å². The van der Waals surface area contributed by atoms with E-state index < -0.39 is 5.60 Å². The fraction of sp³-hybridized carbons (Fsp3) is 0.923. The fourth-order valence-electron chi connectivity index (χ4n) is 2.55. The van der Waals surface area contributed by atoms with Gasteiger partial charge in [0.15, 0.2) is 0 Å². The summed E-state index contributed by atoms with van der Waals surface area (Å²) < 4.78 is 0. The van der Waals surface area contributed by atoms with Crippen LogP contribution < -0.4 is 0 Å². The lowest BCUT2D eigenvalue weighted by atomic mass is 9.72. The lowest BCUT2D eigenvalue weighted by Gasteiger charge is -2.33. The van der Waals surface area contributed by atoms with Crippen LogP contribution in [0.15, 0.2) is 0 Å². The van der Waals surface area contributed by atoms with E-state index in [0.29, 0.717) is 30.5 Å². The second kappa shape index (κ2) is 4.65. The molecule has 0 spiro atoms. The Balaban J connectivity index is 2.58. The smallest absolute Gasteiger partial charge is 0.136 e. The first kappa shape index (κ1) is 12.7. The topological polar surface area (TPSA) is 37.3 Å². The molecule has 0 radical (unpaired) electrons. The van der Waals surface area contributed by atoms with E-state index >= 15 is 0 Å². The van der Waals surface area contributed by atoms with Gasteiger partial charge in [-0.05, 0) is 44.9 Å². The van der Waals surface area contributed by atoms with Gasteiger partial charge in [-0.15, -0.1) is 0 Å². The van der Waals surface area contributed by atoms with Gasteiger partial charge in [0.1, 0.15) is 5.78 Å². The number of rotatable bonds is 3. The molecule has 0 aromatic heterocycles. The summed E-state index contributed by atoms with van der Waals surface area (Å²) in [6, 6.07) is 0. The number of aliphatic hydroxyl groups is 1. The highest BCUT2D eigenvalue weighted by Gasteiger charge is 2.33. The van der Waals surface area contributed by atoms with E-state index in [1.54, 1.807) is 13.8 Å². The van der Waals surface area contributed by atoms with Gasteiger partial charge in [-0.2, -0.15) is 0 Å². The normalized spacial score (nSPS) is 28.5. The standard InChI is InChI=1S/C13H24O2/c1-9(2)10-5-6-12(14)11(7-10)8-13(3,4)15/h9-11,15H,5-8H2,1-4H3. The zero-order valence-corrected chi connectivity index (χ0v) is 10.4. The van der Waals surface area contributed by atoms with Crippen LogP contribution in [-0.2, 0) is 4.79 Å². The van der Waals surface area contributed by atoms with E-state index in [-0.39, 0.29) is 5.92 Å². The number of carbonyl (C=O) groups excluding carboxylic acids is 1. The summed E-state index contributed by atoms with van der Waals surface area (Å²) >= 11 is 0. The summed E-state index contributed by atoms with van der Waals surface area (Å²) in [5.41, 5.74) is -0.709. The monoisotopic (exact) mass is 212 g/mol. The molecule has 0 bridgehead atoms. The second-order valence-corrected chi connectivity index (χ2v) is 5.96. The molecule has 1 N–H and O–H groups in total. The maximum absolute atomic E-state index is 11.7. The third-order valence-electron chi connectivity index (χ3n) is 3.49. The molecule has 1 fully saturated rings. The zero-order valence-electron chi connectivity index (χ0n) is 10.4. The average Bonchev–Trinajstić information content (AvgIpc) is 2.06. The summed E-state index contributed by atoms with van der Waals surface area (Å²) in [5, 5.41) is 9.76. The third-order valence-corrected chi connectivity index (χ3v) is 3.49. The van der Waals surface area contributed by atoms with Crippen molar-refractivity contribution in [1.29, 1.82) is 0 Å². The highest BCUT2D eigenvalue weighted by atomic mass is 16.3. The number of hydrogen-bond donors (Lipinski definition) is 1. The first-order valence-corrected chi connectivity index (χ1v) is 6.04. The lowest BCUT2D eigenvalue weighted by Crippen LogP contribution is -2.33. The summed E-state index contributed by atoms with van der Waals surface area (Å²) in [5.74, 6) is 1.76. The Kier molecular flexibility index (Phi) is 3.93. The van der Waals surface area contributed by atoms with Gasteiger partial charge in [-0.25, -0.2) is 0 Å². The summed E-state index contributed by atoms with van der Waals surface area (Å²) in [6.07, 6.45) is 3.35. The van der Waals surface area contributed by atoms with Crippen molar-refractivity contribution in [2.24, 2.45) is 17.8 Å². The first-order valence-electron chi connectivity index (χ1n) is 6.04. The highest BCUT2D eigenvalue weighted by Crippen LogP contribution is 2.35. The molecule has 1 saturated carbocycles. The Hall–Kier alpha value is -0.370. The van der Waals surface area contributed by atoms with Crippen LogP contribution in [0.1, 0.15) is 53.4 Å². The van der Waals surface area contributed by atoms with Crippen LogP contribution >= 0.6 is 0 Å². The summed E-state index contributed by atoms with van der Waals surface area (Å²) in [4.78, 5) is 11.7. The maximum atomic E-state index is 11.7. The van der Waals surface area contributed by atoms with E-state index in [1.165, 1.54) is 0 Å². The predicted octanol–water partition coefficient (Wildman–Crippen LogP) is 2.79. The lowest BCUT2D eigenvalue weighted by molar-refractivity contribution is -0.128. The molecule has 88 valence electrons. The van der Waals surface area contributed by atoms with Crippen molar-refractivity contribution in [2.45, 2.75) is 59.0 Å². The molecule has 2 unspecified atom stereocenters. The predicted molar refractivity (Wildman–Crippen MR) is 61.6 cm³/mol. The van der Waals surface area contributed by atoms with Gasteiger partial charge in [0.2, 0.25) is 0 Å². The van der Waals surface area contributed by atoms with Crippen molar-refractivity contribution in [3.63, 3.8) is 0 Å². The molecule has 0 heterocycles. The quantitative estimate of drug-likeness (QED) is 0.781. The van der Waals surface area contributed by atoms with Crippen molar-refractivity contribution in [3.05, 3.63) is 0 Å². The van der Waals surface area contributed by atoms with E-state index in [9.17, 15) is 9.90 Å². The summed E-state index contributed by atoms with van der Waals surface area (Å²) in [7, 11) is 0. The molecule has 0 aliphatic heterocycles. The van der Waals surface area contributed by atoms with Gasteiger partial charge in [-0.1, -0.05) is 13.8 Å². The van der Waals surface area contributed by atoms with Gasteiger partial charge in [0, 0.05) is 12.3 Å². The Morgan fingerprint density at radius 2 is 2.07 bits per heavy atom. The fourth-order valence-corrected chi connectivity index (χ4v) is 2.55. The van der Waals surface area contributed by atoms with Crippen molar-refractivity contribution in [1.82, 2.24) is 0 Å². The molecule has 1 aliphatic rings. The Morgan fingerprint density at radius 1 is 1.47 bits per heavy atom. The molecule has 15 heavy (non-hydrogen) atoms. The Morgan fingerprint density at radius 3 is 2.53 bits per heavy atom. The van der Waals surface area contributed by atoms with Gasteiger partial charge in [-0.3, -0.25) is 4.79 Å². The molecule has 2 nitrogen and oxygen atoms in total. The van der Waals surface area contributed by atoms with Crippen LogP contribution in [0.25, 0.3) is 0 Å². The largest absolute Gasteiger partial charge is 0.390 e. The van der Waals surface area contributed by atoms with E-state index in [4.69, 9.17) is 0 Å². The van der Waals surface area contributed by atoms with E-state index in [1.807, 2.05) is 0 Å². The van der Waals surface area contributed by atoms with E-state index in [2.05, 4.69) is 13.8 Å². The van der Waals surface area contributed by atoms with Crippen molar-refractivity contribution in [2.75, 3.05) is 0 Å². The molecular weight excluding hydrogens is 188 g/mol. The highest BCUT2D eigenvalue weighted by molar-refractivity contribution is 5.81. The first-order chi connectivity index (χ1) is 6.79.